The van der Waals surface area contributed by atoms with E-state index in [-0.39, 0.29) is 30.4 Å². The lowest BCUT2D eigenvalue weighted by Gasteiger charge is -2.43. The fraction of sp³-hybridized carbons (Fsp3) is 0.333. The van der Waals surface area contributed by atoms with Crippen molar-refractivity contribution in [2.75, 3.05) is 11.5 Å². The first-order valence-electron chi connectivity index (χ1n) is 11.8. The van der Waals surface area contributed by atoms with E-state index in [0.29, 0.717) is 12.2 Å². The van der Waals surface area contributed by atoms with Crippen LogP contribution < -0.4 is 10.2 Å². The summed E-state index contributed by atoms with van der Waals surface area (Å²) in [6.07, 6.45) is 0.859. The molecular weight excluding hydrogens is 444 g/mol. The number of nitrogens with zero attached hydrogens (tertiary/aromatic N) is 3. The molecule has 182 valence electrons. The maximum Gasteiger partial charge on any atom is 0.358 e. The summed E-state index contributed by atoms with van der Waals surface area (Å²) in [6, 6.07) is 16.9. The Bertz CT molecular complexity index is 1250. The number of benzene rings is 2. The highest BCUT2D eigenvalue weighted by atomic mass is 16.5. The quantitative estimate of drug-likeness (QED) is 0.528. The van der Waals surface area contributed by atoms with Gasteiger partial charge in [-0.15, -0.1) is 0 Å². The lowest BCUT2D eigenvalue weighted by molar-refractivity contribution is -0.126. The maximum atomic E-state index is 13.7. The Balaban J connectivity index is 1.71. The average molecular weight is 475 g/mol. The van der Waals surface area contributed by atoms with E-state index in [1.165, 1.54) is 15.6 Å². The molecule has 8 heteroatoms. The molecule has 4 rings (SSSR count). The summed E-state index contributed by atoms with van der Waals surface area (Å²) in [6.45, 7) is 8.09. The van der Waals surface area contributed by atoms with E-state index < -0.39 is 17.4 Å². The molecule has 8 nitrogen and oxygen atoms in total. The van der Waals surface area contributed by atoms with Gasteiger partial charge in [0, 0.05) is 18.3 Å². The van der Waals surface area contributed by atoms with E-state index in [1.807, 2.05) is 55.5 Å². The smallest absolute Gasteiger partial charge is 0.358 e. The zero-order chi connectivity index (χ0) is 25.2. The number of anilines is 1. The zero-order valence-electron chi connectivity index (χ0n) is 20.5. The fourth-order valence-corrected chi connectivity index (χ4v) is 4.25. The van der Waals surface area contributed by atoms with Crippen LogP contribution in [0.5, 0.6) is 0 Å². The van der Waals surface area contributed by atoms with Gasteiger partial charge in [-0.1, -0.05) is 48.9 Å². The summed E-state index contributed by atoms with van der Waals surface area (Å²) < 4.78 is 6.48. The van der Waals surface area contributed by atoms with E-state index >= 15 is 0 Å². The number of rotatable bonds is 7. The van der Waals surface area contributed by atoms with Crippen molar-refractivity contribution < 1.29 is 19.1 Å². The van der Waals surface area contributed by atoms with Crippen LogP contribution in [0.4, 0.5) is 5.69 Å². The van der Waals surface area contributed by atoms with Crippen LogP contribution >= 0.6 is 0 Å². The highest BCUT2D eigenvalue weighted by Crippen LogP contribution is 2.33. The largest absolute Gasteiger partial charge is 0.461 e. The third-order valence-corrected chi connectivity index (χ3v) is 6.30. The minimum atomic E-state index is -1.28. The topological polar surface area (TPSA) is 93.5 Å². The van der Waals surface area contributed by atoms with Crippen molar-refractivity contribution in [2.45, 2.75) is 52.7 Å². The summed E-state index contributed by atoms with van der Waals surface area (Å²) in [5, 5.41) is 7.28. The number of ether oxygens (including phenoxy) is 1. The lowest BCUT2D eigenvalue weighted by atomic mass is 9.93. The molecule has 0 aliphatic carbocycles. The molecule has 1 N–H and O–H groups in total. The number of carbonyl (C=O) groups excluding carboxylic acids is 3. The van der Waals surface area contributed by atoms with Gasteiger partial charge in [0.1, 0.15) is 11.2 Å². The first-order chi connectivity index (χ1) is 16.8. The molecule has 2 aromatic carbocycles. The van der Waals surface area contributed by atoms with Crippen molar-refractivity contribution in [1.82, 2.24) is 15.1 Å². The molecule has 3 aromatic rings. The first-order valence-corrected chi connectivity index (χ1v) is 11.8. The predicted molar refractivity (Wildman–Crippen MR) is 132 cm³/mol. The summed E-state index contributed by atoms with van der Waals surface area (Å²) in [5.74, 6) is -1.33. The molecular formula is C27H30N4O4. The van der Waals surface area contributed by atoms with Crippen LogP contribution in [0.15, 0.2) is 54.6 Å². The molecule has 1 aliphatic rings. The predicted octanol–water partition coefficient (Wildman–Crippen LogP) is 3.67. The Morgan fingerprint density at radius 1 is 1.06 bits per heavy atom. The second-order valence-electron chi connectivity index (χ2n) is 8.90. The van der Waals surface area contributed by atoms with Crippen molar-refractivity contribution in [3.05, 3.63) is 82.7 Å². The monoisotopic (exact) mass is 474 g/mol. The third-order valence-electron chi connectivity index (χ3n) is 6.30. The van der Waals surface area contributed by atoms with Gasteiger partial charge in [-0.05, 0) is 50.5 Å². The number of esters is 1. The van der Waals surface area contributed by atoms with Gasteiger partial charge in [0.2, 0.25) is 5.91 Å². The van der Waals surface area contributed by atoms with Gasteiger partial charge < -0.3 is 10.1 Å². The molecule has 0 saturated heterocycles. The van der Waals surface area contributed by atoms with Crippen molar-refractivity contribution >= 4 is 23.5 Å². The number of nitrogens with one attached hydrogen (secondary N) is 1. The van der Waals surface area contributed by atoms with E-state index in [0.717, 1.165) is 23.1 Å². The molecule has 1 aromatic heterocycles. The SMILES string of the molecule is CCOC(=O)c1cc2n(n1)C[C@@](C)(C(=O)NCc1ccc(C)cc1)N(c1ccc(CC)cc1)C2=O. The van der Waals surface area contributed by atoms with Gasteiger partial charge in [-0.25, -0.2) is 4.79 Å². The van der Waals surface area contributed by atoms with Gasteiger partial charge >= 0.3 is 5.97 Å². The second-order valence-corrected chi connectivity index (χ2v) is 8.90. The summed E-state index contributed by atoms with van der Waals surface area (Å²) in [5.41, 5.74) is 2.81. The average Bonchev–Trinajstić information content (AvgIpc) is 3.28. The molecule has 1 aliphatic heterocycles. The minimum Gasteiger partial charge on any atom is -0.461 e. The van der Waals surface area contributed by atoms with Crippen molar-refractivity contribution in [1.29, 1.82) is 0 Å². The van der Waals surface area contributed by atoms with Crippen LogP contribution in [-0.4, -0.2) is 39.7 Å². The third kappa shape index (κ3) is 4.69. The Morgan fingerprint density at radius 2 is 1.71 bits per heavy atom. The molecule has 2 heterocycles. The zero-order valence-corrected chi connectivity index (χ0v) is 20.5. The summed E-state index contributed by atoms with van der Waals surface area (Å²) in [7, 11) is 0. The van der Waals surface area contributed by atoms with Gasteiger partial charge in [0.05, 0.1) is 13.2 Å². The van der Waals surface area contributed by atoms with Crippen LogP contribution in [-0.2, 0) is 29.0 Å². The van der Waals surface area contributed by atoms with Crippen molar-refractivity contribution in [2.24, 2.45) is 0 Å². The fourth-order valence-electron chi connectivity index (χ4n) is 4.25. The highest BCUT2D eigenvalue weighted by molar-refractivity contribution is 6.12. The molecule has 35 heavy (non-hydrogen) atoms. The number of amides is 2. The molecule has 0 saturated carbocycles. The van der Waals surface area contributed by atoms with E-state index in [1.54, 1.807) is 13.8 Å². The Labute approximate surface area is 204 Å². The Morgan fingerprint density at radius 3 is 2.34 bits per heavy atom. The molecule has 0 unspecified atom stereocenters. The van der Waals surface area contributed by atoms with Crippen LogP contribution in [0.1, 0.15) is 58.4 Å². The van der Waals surface area contributed by atoms with Gasteiger partial charge in [0.15, 0.2) is 5.69 Å². The number of carbonyl (C=O) groups is 3. The maximum absolute atomic E-state index is 13.7. The number of hydrogen-bond donors (Lipinski definition) is 1. The van der Waals surface area contributed by atoms with E-state index in [2.05, 4.69) is 17.3 Å². The lowest BCUT2D eigenvalue weighted by Crippen LogP contribution is -2.64. The van der Waals surface area contributed by atoms with E-state index in [9.17, 15) is 14.4 Å². The molecule has 0 spiro atoms. The number of aryl methyl sites for hydroxylation is 2. The number of hydrogen-bond acceptors (Lipinski definition) is 5. The van der Waals surface area contributed by atoms with Gasteiger partial charge in [0.25, 0.3) is 5.91 Å². The Kier molecular flexibility index (Phi) is 6.73. The van der Waals surface area contributed by atoms with Crippen LogP contribution in [0.25, 0.3) is 0 Å². The Hall–Kier alpha value is -3.94. The van der Waals surface area contributed by atoms with Crippen LogP contribution in [0, 0.1) is 6.92 Å². The normalized spacial score (nSPS) is 17.1. The minimum absolute atomic E-state index is 0.0424. The molecule has 2 amide bonds. The number of fused-ring (bicyclic) bond motifs is 1. The van der Waals surface area contributed by atoms with E-state index in [4.69, 9.17) is 4.74 Å². The second kappa shape index (κ2) is 9.74. The van der Waals surface area contributed by atoms with Gasteiger partial charge in [-0.3, -0.25) is 19.2 Å². The molecule has 0 fully saturated rings. The van der Waals surface area contributed by atoms with Crippen LogP contribution in [0.2, 0.25) is 0 Å². The first kappa shape index (κ1) is 24.2. The molecule has 0 radical (unpaired) electrons. The molecule has 0 bridgehead atoms. The van der Waals surface area contributed by atoms with Gasteiger partial charge in [-0.2, -0.15) is 5.10 Å². The summed E-state index contributed by atoms with van der Waals surface area (Å²) >= 11 is 0. The standard InChI is InChI=1S/C27H30N4O4/c1-5-19-11-13-21(14-12-19)31-24(32)23-15-22(25(33)35-6-2)29-30(23)17-27(31,4)26(34)28-16-20-9-7-18(3)8-10-20/h7-15H,5-6,16-17H2,1-4H3,(H,28,34)/t27-/m0/s1. The van der Waals surface area contributed by atoms with Crippen molar-refractivity contribution in [3.8, 4) is 0 Å². The highest BCUT2D eigenvalue weighted by Gasteiger charge is 2.49. The number of aromatic nitrogens is 2. The molecule has 1 atom stereocenters. The van der Waals surface area contributed by atoms with Crippen LogP contribution in [0.3, 0.4) is 0 Å². The summed E-state index contributed by atoms with van der Waals surface area (Å²) in [4.78, 5) is 41.1. The van der Waals surface area contributed by atoms with Crippen molar-refractivity contribution in [3.63, 3.8) is 0 Å².